The minimum absolute atomic E-state index is 0.713. The molecule has 0 amide bonds. The van der Waals surface area contributed by atoms with Gasteiger partial charge in [-0.1, -0.05) is 34.1 Å². The average Bonchev–Trinajstić information content (AvgIpc) is 2.28. The van der Waals surface area contributed by atoms with Crippen LogP contribution < -0.4 is 11.1 Å². The lowest BCUT2D eigenvalue weighted by atomic mass is 9.76. The lowest BCUT2D eigenvalue weighted by Gasteiger charge is -2.37. The minimum Gasteiger partial charge on any atom is -0.330 e. The molecule has 3 heteroatoms. The van der Waals surface area contributed by atoms with Crippen LogP contribution in [-0.2, 0) is 0 Å². The molecule has 0 unspecified atom stereocenters. The molecule has 2 rings (SSSR count). The second kappa shape index (κ2) is 6.53. The van der Waals surface area contributed by atoms with E-state index < -0.39 is 0 Å². The Hall–Kier alpha value is -0.380. The van der Waals surface area contributed by atoms with E-state index in [1.165, 1.54) is 29.3 Å². The first-order valence-electron chi connectivity index (χ1n) is 6.49. The molecule has 94 valence electrons. The van der Waals surface area contributed by atoms with Gasteiger partial charge in [0.2, 0.25) is 0 Å². The van der Waals surface area contributed by atoms with Gasteiger partial charge >= 0.3 is 0 Å². The Bertz CT molecular complexity index is 348. The summed E-state index contributed by atoms with van der Waals surface area (Å²) in [5.74, 6) is 0.734. The number of nitrogens with one attached hydrogen (secondary N) is 1. The SMILES string of the molecule is NCCCCNC1CC(c2ccccc2Br)C1. The van der Waals surface area contributed by atoms with E-state index >= 15 is 0 Å². The number of hydrogen-bond donors (Lipinski definition) is 2. The summed E-state index contributed by atoms with van der Waals surface area (Å²) in [4.78, 5) is 0. The zero-order valence-corrected chi connectivity index (χ0v) is 11.7. The molecule has 0 aliphatic heterocycles. The largest absolute Gasteiger partial charge is 0.330 e. The smallest absolute Gasteiger partial charge is 0.0210 e. The van der Waals surface area contributed by atoms with Crippen LogP contribution in [0, 0.1) is 0 Å². The third kappa shape index (κ3) is 3.54. The van der Waals surface area contributed by atoms with Crippen LogP contribution >= 0.6 is 15.9 Å². The quantitative estimate of drug-likeness (QED) is 0.792. The lowest BCUT2D eigenvalue weighted by Crippen LogP contribution is -2.40. The molecule has 17 heavy (non-hydrogen) atoms. The van der Waals surface area contributed by atoms with Crippen molar-refractivity contribution in [1.29, 1.82) is 0 Å². The van der Waals surface area contributed by atoms with Crippen LogP contribution in [0.3, 0.4) is 0 Å². The molecule has 1 aliphatic rings. The number of nitrogens with two attached hydrogens (primary N) is 1. The van der Waals surface area contributed by atoms with Crippen molar-refractivity contribution in [1.82, 2.24) is 5.32 Å². The summed E-state index contributed by atoms with van der Waals surface area (Å²) in [5, 5.41) is 3.60. The summed E-state index contributed by atoms with van der Waals surface area (Å²) in [6.07, 6.45) is 4.87. The van der Waals surface area contributed by atoms with E-state index in [1.54, 1.807) is 0 Å². The molecule has 1 fully saturated rings. The average molecular weight is 297 g/mol. The summed E-state index contributed by atoms with van der Waals surface area (Å²) in [6, 6.07) is 9.29. The molecule has 3 N–H and O–H groups in total. The molecule has 2 nitrogen and oxygen atoms in total. The molecule has 0 bridgehead atoms. The van der Waals surface area contributed by atoms with Crippen LogP contribution in [0.15, 0.2) is 28.7 Å². The van der Waals surface area contributed by atoms with Crippen LogP contribution in [0.5, 0.6) is 0 Å². The highest BCUT2D eigenvalue weighted by molar-refractivity contribution is 9.10. The number of hydrogen-bond acceptors (Lipinski definition) is 2. The van der Waals surface area contributed by atoms with Crippen LogP contribution in [0.1, 0.15) is 37.2 Å². The Morgan fingerprint density at radius 3 is 2.71 bits per heavy atom. The van der Waals surface area contributed by atoms with E-state index in [0.29, 0.717) is 6.04 Å². The van der Waals surface area contributed by atoms with E-state index in [9.17, 15) is 0 Å². The van der Waals surface area contributed by atoms with Gasteiger partial charge in [-0.25, -0.2) is 0 Å². The molecule has 1 aliphatic carbocycles. The van der Waals surface area contributed by atoms with Gasteiger partial charge in [0.05, 0.1) is 0 Å². The molecule has 0 radical (unpaired) electrons. The summed E-state index contributed by atoms with van der Waals surface area (Å²) < 4.78 is 1.26. The first-order chi connectivity index (χ1) is 8.31. The first-order valence-corrected chi connectivity index (χ1v) is 7.28. The Morgan fingerprint density at radius 2 is 2.00 bits per heavy atom. The van der Waals surface area contributed by atoms with Crippen molar-refractivity contribution in [2.45, 2.75) is 37.6 Å². The molecule has 0 aromatic heterocycles. The molecular formula is C14H21BrN2. The van der Waals surface area contributed by atoms with Gasteiger partial charge in [0.1, 0.15) is 0 Å². The van der Waals surface area contributed by atoms with E-state index in [0.717, 1.165) is 25.4 Å². The molecule has 0 heterocycles. The first kappa shape index (κ1) is 13.1. The molecule has 1 aromatic carbocycles. The Kier molecular flexibility index (Phi) is 5.01. The molecular weight excluding hydrogens is 276 g/mol. The summed E-state index contributed by atoms with van der Waals surface area (Å²) in [6.45, 7) is 1.93. The topological polar surface area (TPSA) is 38.0 Å². The van der Waals surface area contributed by atoms with Gasteiger partial charge < -0.3 is 11.1 Å². The van der Waals surface area contributed by atoms with Crippen molar-refractivity contribution < 1.29 is 0 Å². The minimum atomic E-state index is 0.713. The van der Waals surface area contributed by atoms with Crippen molar-refractivity contribution >= 4 is 15.9 Å². The van der Waals surface area contributed by atoms with Gasteiger partial charge in [-0.15, -0.1) is 0 Å². The van der Waals surface area contributed by atoms with Gasteiger partial charge in [0.25, 0.3) is 0 Å². The fourth-order valence-corrected chi connectivity index (χ4v) is 3.03. The zero-order chi connectivity index (χ0) is 12.1. The second-order valence-corrected chi connectivity index (χ2v) is 5.69. The number of halogens is 1. The molecule has 0 saturated heterocycles. The molecule has 0 atom stereocenters. The fraction of sp³-hybridized carbons (Fsp3) is 0.571. The maximum absolute atomic E-state index is 5.47. The van der Waals surface area contributed by atoms with Crippen LogP contribution in [0.4, 0.5) is 0 Å². The van der Waals surface area contributed by atoms with E-state index in [2.05, 4.69) is 45.5 Å². The highest BCUT2D eigenvalue weighted by Gasteiger charge is 2.30. The number of benzene rings is 1. The molecule has 1 aromatic rings. The van der Waals surface area contributed by atoms with Gasteiger partial charge in [0, 0.05) is 10.5 Å². The molecule has 0 spiro atoms. The predicted octanol–water partition coefficient (Wildman–Crippen LogP) is 3.02. The number of unbranched alkanes of at least 4 members (excludes halogenated alkanes) is 1. The fourth-order valence-electron chi connectivity index (χ4n) is 2.42. The Labute approximate surface area is 112 Å². The summed E-state index contributed by atoms with van der Waals surface area (Å²) in [5.41, 5.74) is 6.94. The third-order valence-electron chi connectivity index (χ3n) is 3.55. The highest BCUT2D eigenvalue weighted by Crippen LogP contribution is 2.39. The van der Waals surface area contributed by atoms with Gasteiger partial charge in [-0.05, 0) is 56.3 Å². The summed E-state index contributed by atoms with van der Waals surface area (Å²) >= 11 is 3.63. The maximum atomic E-state index is 5.47. The Morgan fingerprint density at radius 1 is 1.24 bits per heavy atom. The van der Waals surface area contributed by atoms with Gasteiger partial charge in [-0.2, -0.15) is 0 Å². The third-order valence-corrected chi connectivity index (χ3v) is 4.27. The van der Waals surface area contributed by atoms with Crippen molar-refractivity contribution in [2.24, 2.45) is 5.73 Å². The number of rotatable bonds is 6. The molecule has 1 saturated carbocycles. The van der Waals surface area contributed by atoms with Crippen LogP contribution in [-0.4, -0.2) is 19.1 Å². The van der Waals surface area contributed by atoms with Crippen LogP contribution in [0.2, 0.25) is 0 Å². The van der Waals surface area contributed by atoms with E-state index in [4.69, 9.17) is 5.73 Å². The Balaban J connectivity index is 1.70. The van der Waals surface area contributed by atoms with Crippen molar-refractivity contribution in [3.8, 4) is 0 Å². The monoisotopic (exact) mass is 296 g/mol. The van der Waals surface area contributed by atoms with Crippen molar-refractivity contribution in [2.75, 3.05) is 13.1 Å². The van der Waals surface area contributed by atoms with Crippen LogP contribution in [0.25, 0.3) is 0 Å². The standard InChI is InChI=1S/C14H21BrN2/c15-14-6-2-1-5-13(14)11-9-12(10-11)17-8-4-3-7-16/h1-2,5-6,11-12,17H,3-4,7-10,16H2. The van der Waals surface area contributed by atoms with Crippen molar-refractivity contribution in [3.63, 3.8) is 0 Å². The van der Waals surface area contributed by atoms with E-state index in [1.807, 2.05) is 0 Å². The lowest BCUT2D eigenvalue weighted by molar-refractivity contribution is 0.289. The second-order valence-electron chi connectivity index (χ2n) is 4.84. The van der Waals surface area contributed by atoms with Crippen molar-refractivity contribution in [3.05, 3.63) is 34.3 Å². The normalized spacial score (nSPS) is 23.4. The van der Waals surface area contributed by atoms with E-state index in [-0.39, 0.29) is 0 Å². The maximum Gasteiger partial charge on any atom is 0.0210 e. The summed E-state index contributed by atoms with van der Waals surface area (Å²) in [7, 11) is 0. The predicted molar refractivity (Wildman–Crippen MR) is 76.2 cm³/mol. The van der Waals surface area contributed by atoms with Gasteiger partial charge in [-0.3, -0.25) is 0 Å². The van der Waals surface area contributed by atoms with Gasteiger partial charge in [0.15, 0.2) is 0 Å². The zero-order valence-electron chi connectivity index (χ0n) is 10.2. The highest BCUT2D eigenvalue weighted by atomic mass is 79.9.